The van der Waals surface area contributed by atoms with Crippen LogP contribution in [0.5, 0.6) is 0 Å². The second-order valence-electron chi connectivity index (χ2n) is 6.73. The lowest BCUT2D eigenvalue weighted by atomic mass is 9.71. The minimum absolute atomic E-state index is 0.286. The Bertz CT molecular complexity index is 604. The molecule has 0 spiro atoms. The summed E-state index contributed by atoms with van der Waals surface area (Å²) in [6.07, 6.45) is 6.15. The van der Waals surface area contributed by atoms with E-state index < -0.39 is 0 Å². The molecular weight excluding hydrogens is 256 g/mol. The summed E-state index contributed by atoms with van der Waals surface area (Å²) < 4.78 is 0. The van der Waals surface area contributed by atoms with Crippen molar-refractivity contribution in [2.75, 3.05) is 0 Å². The molecule has 1 N–H and O–H groups in total. The summed E-state index contributed by atoms with van der Waals surface area (Å²) in [5, 5.41) is 3.80. The van der Waals surface area contributed by atoms with Crippen LogP contribution in [0.4, 0.5) is 0 Å². The van der Waals surface area contributed by atoms with Crippen molar-refractivity contribution in [1.29, 1.82) is 0 Å². The van der Waals surface area contributed by atoms with Gasteiger partial charge in [0, 0.05) is 24.5 Å². The summed E-state index contributed by atoms with van der Waals surface area (Å²) in [5.41, 5.74) is 4.55. The molecule has 110 valence electrons. The molecule has 1 aromatic carbocycles. The Morgan fingerprint density at radius 2 is 1.86 bits per heavy atom. The molecule has 0 saturated carbocycles. The molecular formula is C19H24N2. The first-order valence-corrected chi connectivity index (χ1v) is 7.83. The molecule has 0 amide bonds. The Hall–Kier alpha value is -1.67. The highest BCUT2D eigenvalue weighted by Crippen LogP contribution is 2.42. The number of benzene rings is 1. The van der Waals surface area contributed by atoms with Crippen LogP contribution in [0.1, 0.15) is 62.4 Å². The van der Waals surface area contributed by atoms with Crippen LogP contribution in [0.3, 0.4) is 0 Å². The number of rotatable bonds is 3. The maximum atomic E-state index is 4.10. The molecule has 1 heterocycles. The van der Waals surface area contributed by atoms with Crippen molar-refractivity contribution in [1.82, 2.24) is 10.3 Å². The Labute approximate surface area is 127 Å². The van der Waals surface area contributed by atoms with Gasteiger partial charge in [-0.25, -0.2) is 0 Å². The van der Waals surface area contributed by atoms with E-state index in [0.29, 0.717) is 12.1 Å². The zero-order chi connectivity index (χ0) is 14.9. The van der Waals surface area contributed by atoms with Crippen LogP contribution >= 0.6 is 0 Å². The van der Waals surface area contributed by atoms with Gasteiger partial charge in [-0.1, -0.05) is 38.1 Å². The smallest absolute Gasteiger partial charge is 0.0328 e. The van der Waals surface area contributed by atoms with Crippen LogP contribution in [-0.2, 0) is 5.41 Å². The van der Waals surface area contributed by atoms with Crippen LogP contribution in [0.25, 0.3) is 0 Å². The first-order chi connectivity index (χ1) is 10.1. The van der Waals surface area contributed by atoms with E-state index in [2.05, 4.69) is 67.5 Å². The minimum atomic E-state index is 0.286. The zero-order valence-electron chi connectivity index (χ0n) is 13.1. The third kappa shape index (κ3) is 2.86. The third-order valence-corrected chi connectivity index (χ3v) is 4.78. The van der Waals surface area contributed by atoms with Crippen LogP contribution in [-0.4, -0.2) is 4.98 Å². The van der Waals surface area contributed by atoms with Crippen molar-refractivity contribution in [2.45, 2.75) is 51.1 Å². The molecule has 1 unspecified atom stereocenters. The minimum Gasteiger partial charge on any atom is -0.303 e. The number of fused-ring (bicyclic) bond motifs is 1. The third-order valence-electron chi connectivity index (χ3n) is 4.78. The molecule has 2 nitrogen and oxygen atoms in total. The van der Waals surface area contributed by atoms with Gasteiger partial charge >= 0.3 is 0 Å². The Balaban J connectivity index is 1.84. The number of hydrogen-bond donors (Lipinski definition) is 1. The first-order valence-electron chi connectivity index (χ1n) is 7.83. The number of pyridine rings is 1. The summed E-state index contributed by atoms with van der Waals surface area (Å²) in [4.78, 5) is 4.10. The Morgan fingerprint density at radius 3 is 2.62 bits per heavy atom. The SMILES string of the molecule is C[C@@H](NC1CCC(C)(C)c2ccccc21)c1ccncc1. The van der Waals surface area contributed by atoms with Gasteiger partial charge in [0.05, 0.1) is 0 Å². The number of nitrogens with one attached hydrogen (secondary N) is 1. The van der Waals surface area contributed by atoms with Gasteiger partial charge in [0.25, 0.3) is 0 Å². The molecule has 0 saturated heterocycles. The molecule has 1 aliphatic carbocycles. The van der Waals surface area contributed by atoms with E-state index in [0.717, 1.165) is 0 Å². The molecule has 1 aliphatic rings. The number of aromatic nitrogens is 1. The van der Waals surface area contributed by atoms with Crippen molar-refractivity contribution in [2.24, 2.45) is 0 Å². The highest BCUT2D eigenvalue weighted by molar-refractivity contribution is 5.38. The number of hydrogen-bond acceptors (Lipinski definition) is 2. The summed E-state index contributed by atoms with van der Waals surface area (Å²) in [7, 11) is 0. The van der Waals surface area contributed by atoms with Crippen molar-refractivity contribution in [3.8, 4) is 0 Å². The Kier molecular flexibility index (Phi) is 3.81. The van der Waals surface area contributed by atoms with Crippen molar-refractivity contribution < 1.29 is 0 Å². The van der Waals surface area contributed by atoms with E-state index in [1.165, 1.54) is 29.5 Å². The van der Waals surface area contributed by atoms with Crippen LogP contribution < -0.4 is 5.32 Å². The highest BCUT2D eigenvalue weighted by atomic mass is 14.9. The normalized spacial score (nSPS) is 21.6. The average Bonchev–Trinajstić information content (AvgIpc) is 2.51. The fourth-order valence-corrected chi connectivity index (χ4v) is 3.44. The Morgan fingerprint density at radius 1 is 1.14 bits per heavy atom. The summed E-state index contributed by atoms with van der Waals surface area (Å²) >= 11 is 0. The van der Waals surface area contributed by atoms with Gasteiger partial charge in [-0.3, -0.25) is 4.98 Å². The molecule has 0 bridgehead atoms. The fraction of sp³-hybridized carbons (Fsp3) is 0.421. The van der Waals surface area contributed by atoms with Crippen LogP contribution in [0.2, 0.25) is 0 Å². The molecule has 2 aromatic rings. The van der Waals surface area contributed by atoms with E-state index in [1.807, 2.05) is 12.4 Å². The van der Waals surface area contributed by atoms with Crippen molar-refractivity contribution in [3.63, 3.8) is 0 Å². The lowest BCUT2D eigenvalue weighted by Gasteiger charge is -2.38. The second kappa shape index (κ2) is 5.61. The molecule has 0 aliphatic heterocycles. The van der Waals surface area contributed by atoms with Gasteiger partial charge in [-0.15, -0.1) is 0 Å². The van der Waals surface area contributed by atoms with Gasteiger partial charge in [0.15, 0.2) is 0 Å². The summed E-state index contributed by atoms with van der Waals surface area (Å²) in [6.45, 7) is 6.94. The van der Waals surface area contributed by atoms with Crippen LogP contribution in [0, 0.1) is 0 Å². The fourth-order valence-electron chi connectivity index (χ4n) is 3.44. The highest BCUT2D eigenvalue weighted by Gasteiger charge is 2.32. The maximum Gasteiger partial charge on any atom is 0.0328 e. The first kappa shape index (κ1) is 14.3. The zero-order valence-corrected chi connectivity index (χ0v) is 13.1. The van der Waals surface area contributed by atoms with E-state index in [9.17, 15) is 0 Å². The van der Waals surface area contributed by atoms with Gasteiger partial charge in [0.2, 0.25) is 0 Å². The van der Waals surface area contributed by atoms with Crippen molar-refractivity contribution >= 4 is 0 Å². The average molecular weight is 280 g/mol. The topological polar surface area (TPSA) is 24.9 Å². The largest absolute Gasteiger partial charge is 0.303 e. The van der Waals surface area contributed by atoms with E-state index in [4.69, 9.17) is 0 Å². The standard InChI is InChI=1S/C19H24N2/c1-14(15-9-12-20-13-10-15)21-18-8-11-19(2,3)17-7-5-4-6-16(17)18/h4-7,9-10,12-14,18,21H,8,11H2,1-3H3/t14-,18?/m1/s1. The second-order valence-corrected chi connectivity index (χ2v) is 6.73. The predicted molar refractivity (Wildman–Crippen MR) is 87.2 cm³/mol. The lowest BCUT2D eigenvalue weighted by molar-refractivity contribution is 0.340. The maximum absolute atomic E-state index is 4.10. The summed E-state index contributed by atoms with van der Waals surface area (Å²) in [5.74, 6) is 0. The van der Waals surface area contributed by atoms with Crippen molar-refractivity contribution in [3.05, 3.63) is 65.5 Å². The molecule has 0 radical (unpaired) electrons. The molecule has 1 aromatic heterocycles. The molecule has 3 rings (SSSR count). The van der Waals surface area contributed by atoms with E-state index >= 15 is 0 Å². The monoisotopic (exact) mass is 280 g/mol. The van der Waals surface area contributed by atoms with Gasteiger partial charge in [-0.2, -0.15) is 0 Å². The quantitative estimate of drug-likeness (QED) is 0.892. The van der Waals surface area contributed by atoms with Crippen LogP contribution in [0.15, 0.2) is 48.8 Å². The molecule has 21 heavy (non-hydrogen) atoms. The predicted octanol–water partition coefficient (Wildman–Crippen LogP) is 4.54. The van der Waals surface area contributed by atoms with Gasteiger partial charge in [-0.05, 0) is 54.0 Å². The lowest BCUT2D eigenvalue weighted by Crippen LogP contribution is -2.33. The van der Waals surface area contributed by atoms with E-state index in [-0.39, 0.29) is 5.41 Å². The van der Waals surface area contributed by atoms with Gasteiger partial charge in [0.1, 0.15) is 0 Å². The molecule has 2 atom stereocenters. The molecule has 0 fully saturated rings. The summed E-state index contributed by atoms with van der Waals surface area (Å²) in [6, 6.07) is 13.9. The molecule has 2 heteroatoms. The van der Waals surface area contributed by atoms with E-state index in [1.54, 1.807) is 0 Å². The van der Waals surface area contributed by atoms with Gasteiger partial charge < -0.3 is 5.32 Å². The number of nitrogens with zero attached hydrogens (tertiary/aromatic N) is 1.